The average Bonchev–Trinajstić information content (AvgIpc) is 3.38. The molecule has 0 aliphatic carbocycles. The van der Waals surface area contributed by atoms with Crippen LogP contribution in [0, 0.1) is 0 Å². The molecule has 0 radical (unpaired) electrons. The fourth-order valence-corrected chi connectivity index (χ4v) is 9.33. The van der Waals surface area contributed by atoms with Gasteiger partial charge in [-0.2, -0.15) is 0 Å². The van der Waals surface area contributed by atoms with Crippen molar-refractivity contribution >= 4 is 11.9 Å². The number of hydrogen-bond donors (Lipinski definition) is 1. The molecule has 1 N–H and O–H groups in total. The normalized spacial score (nSPS) is 12.7. The largest absolute Gasteiger partial charge is 0.462 e. The van der Waals surface area contributed by atoms with Gasteiger partial charge in [0.25, 0.3) is 0 Å². The zero-order chi connectivity index (χ0) is 52.0. The number of esters is 2. The Labute approximate surface area is 448 Å². The second-order valence-electron chi connectivity index (χ2n) is 21.1. The Bertz CT molecular complexity index is 1270. The Kier molecular flexibility index (Phi) is 60.3. The van der Waals surface area contributed by atoms with Crippen LogP contribution in [0.4, 0.5) is 0 Å². The number of rotatable bonds is 58. The summed E-state index contributed by atoms with van der Waals surface area (Å²) in [6, 6.07) is 0. The molecule has 5 heteroatoms. The van der Waals surface area contributed by atoms with Gasteiger partial charge in [-0.3, -0.25) is 9.59 Å². The Balaban J connectivity index is 3.45. The lowest BCUT2D eigenvalue weighted by Gasteiger charge is -2.15. The highest BCUT2D eigenvalue weighted by Gasteiger charge is 2.16. The number of aliphatic hydroxyl groups is 1. The molecule has 0 saturated heterocycles. The Hall–Kier alpha value is -2.66. The van der Waals surface area contributed by atoms with Crippen molar-refractivity contribution in [2.75, 3.05) is 13.2 Å². The van der Waals surface area contributed by atoms with Gasteiger partial charge in [-0.15, -0.1) is 0 Å². The monoisotopic (exact) mass is 1000 g/mol. The number of carbonyl (C=O) groups is 2. The van der Waals surface area contributed by atoms with Crippen LogP contribution in [-0.2, 0) is 19.1 Å². The zero-order valence-electron chi connectivity index (χ0n) is 47.9. The lowest BCUT2D eigenvalue weighted by Crippen LogP contribution is -2.28. The summed E-state index contributed by atoms with van der Waals surface area (Å²) in [6.45, 7) is 4.07. The molecular formula is C67H120O5. The highest BCUT2D eigenvalue weighted by atomic mass is 16.6. The maximum absolute atomic E-state index is 12.3. The first-order chi connectivity index (χ1) is 35.6. The van der Waals surface area contributed by atoms with E-state index in [0.717, 1.165) is 77.0 Å². The van der Waals surface area contributed by atoms with E-state index in [0.29, 0.717) is 12.8 Å². The second kappa shape index (κ2) is 62.6. The summed E-state index contributed by atoms with van der Waals surface area (Å²) >= 11 is 0. The number of aliphatic hydroxyl groups excluding tert-OH is 1. The minimum Gasteiger partial charge on any atom is -0.462 e. The van der Waals surface area contributed by atoms with Crippen LogP contribution in [0.25, 0.3) is 0 Å². The molecule has 0 saturated carbocycles. The molecule has 0 aliphatic heterocycles. The van der Waals surface area contributed by atoms with Gasteiger partial charge < -0.3 is 14.6 Å². The fraction of sp³-hybridized carbons (Fsp3) is 0.791. The topological polar surface area (TPSA) is 72.8 Å². The van der Waals surface area contributed by atoms with Gasteiger partial charge >= 0.3 is 11.9 Å². The minimum absolute atomic E-state index is 0.0633. The molecule has 1 unspecified atom stereocenters. The van der Waals surface area contributed by atoms with Crippen molar-refractivity contribution in [1.82, 2.24) is 0 Å². The first-order valence-electron chi connectivity index (χ1n) is 31.5. The van der Waals surface area contributed by atoms with E-state index in [1.807, 2.05) is 0 Å². The molecule has 5 nitrogen and oxygen atoms in total. The number of carbonyl (C=O) groups excluding carboxylic acids is 2. The highest BCUT2D eigenvalue weighted by molar-refractivity contribution is 5.70. The summed E-state index contributed by atoms with van der Waals surface area (Å²) in [7, 11) is 0. The van der Waals surface area contributed by atoms with Gasteiger partial charge in [0.1, 0.15) is 6.61 Å². The van der Waals surface area contributed by atoms with E-state index >= 15 is 0 Å². The first kappa shape index (κ1) is 69.3. The summed E-state index contributed by atoms with van der Waals surface area (Å²) < 4.78 is 10.7. The van der Waals surface area contributed by atoms with Crippen LogP contribution in [0.15, 0.2) is 72.9 Å². The van der Waals surface area contributed by atoms with Gasteiger partial charge in [-0.25, -0.2) is 0 Å². The van der Waals surface area contributed by atoms with Crippen molar-refractivity contribution in [2.24, 2.45) is 0 Å². The van der Waals surface area contributed by atoms with Crippen molar-refractivity contribution < 1.29 is 24.2 Å². The molecule has 0 aromatic heterocycles. The predicted molar refractivity (Wildman–Crippen MR) is 316 cm³/mol. The van der Waals surface area contributed by atoms with E-state index in [1.54, 1.807) is 0 Å². The van der Waals surface area contributed by atoms with Crippen LogP contribution in [0.1, 0.15) is 322 Å². The van der Waals surface area contributed by atoms with E-state index in [2.05, 4.69) is 86.8 Å². The van der Waals surface area contributed by atoms with Gasteiger partial charge in [0.15, 0.2) is 6.10 Å². The lowest BCUT2D eigenvalue weighted by molar-refractivity contribution is -0.161. The van der Waals surface area contributed by atoms with Gasteiger partial charge in [0.2, 0.25) is 0 Å². The van der Waals surface area contributed by atoms with Crippen LogP contribution < -0.4 is 0 Å². The second-order valence-corrected chi connectivity index (χ2v) is 21.1. The van der Waals surface area contributed by atoms with Crippen LogP contribution in [0.3, 0.4) is 0 Å². The number of ether oxygens (including phenoxy) is 2. The molecule has 418 valence electrons. The molecule has 0 bridgehead atoms. The summed E-state index contributed by atoms with van der Waals surface area (Å²) in [5.74, 6) is -0.576. The fourth-order valence-electron chi connectivity index (χ4n) is 9.33. The summed E-state index contributed by atoms with van der Waals surface area (Å²) in [5.41, 5.74) is 0. The number of hydrogen-bond acceptors (Lipinski definition) is 5. The number of allylic oxidation sites excluding steroid dienone is 12. The summed E-state index contributed by atoms with van der Waals surface area (Å²) in [4.78, 5) is 24.6. The maximum atomic E-state index is 12.3. The summed E-state index contributed by atoms with van der Waals surface area (Å²) in [6.07, 6.45) is 86.2. The first-order valence-corrected chi connectivity index (χ1v) is 31.5. The molecule has 0 heterocycles. The van der Waals surface area contributed by atoms with Crippen molar-refractivity contribution in [3.05, 3.63) is 72.9 Å². The van der Waals surface area contributed by atoms with E-state index < -0.39 is 6.10 Å². The van der Waals surface area contributed by atoms with E-state index in [9.17, 15) is 14.7 Å². The number of unbranched alkanes of at least 4 members (excludes halogenated alkanes) is 38. The highest BCUT2D eigenvalue weighted by Crippen LogP contribution is 2.18. The molecular weight excluding hydrogens is 885 g/mol. The van der Waals surface area contributed by atoms with Crippen molar-refractivity contribution in [3.8, 4) is 0 Å². The van der Waals surface area contributed by atoms with E-state index in [-0.39, 0.29) is 25.2 Å². The third-order valence-electron chi connectivity index (χ3n) is 14.0. The molecule has 0 aliphatic rings. The molecule has 72 heavy (non-hydrogen) atoms. The van der Waals surface area contributed by atoms with Crippen LogP contribution >= 0.6 is 0 Å². The van der Waals surface area contributed by atoms with Crippen molar-refractivity contribution in [1.29, 1.82) is 0 Å². The van der Waals surface area contributed by atoms with Crippen LogP contribution in [0.2, 0.25) is 0 Å². The average molecular weight is 1010 g/mol. The lowest BCUT2D eigenvalue weighted by atomic mass is 10.0. The molecule has 0 aromatic carbocycles. The van der Waals surface area contributed by atoms with Gasteiger partial charge in [0.05, 0.1) is 6.61 Å². The van der Waals surface area contributed by atoms with Crippen LogP contribution in [-0.4, -0.2) is 36.4 Å². The summed E-state index contributed by atoms with van der Waals surface area (Å²) in [5, 5.41) is 9.68. The zero-order valence-corrected chi connectivity index (χ0v) is 47.9. The predicted octanol–water partition coefficient (Wildman–Crippen LogP) is 21.5. The van der Waals surface area contributed by atoms with Gasteiger partial charge in [0, 0.05) is 12.8 Å². The maximum Gasteiger partial charge on any atom is 0.306 e. The van der Waals surface area contributed by atoms with E-state index in [1.165, 1.54) is 218 Å². The van der Waals surface area contributed by atoms with Crippen LogP contribution in [0.5, 0.6) is 0 Å². The van der Waals surface area contributed by atoms with Crippen molar-refractivity contribution in [2.45, 2.75) is 328 Å². The Morgan fingerprint density at radius 2 is 0.597 bits per heavy atom. The Morgan fingerprint density at radius 3 is 0.903 bits per heavy atom. The van der Waals surface area contributed by atoms with Crippen molar-refractivity contribution in [3.63, 3.8) is 0 Å². The third kappa shape index (κ3) is 59.9. The molecule has 0 fully saturated rings. The molecule has 0 spiro atoms. The van der Waals surface area contributed by atoms with Gasteiger partial charge in [-0.1, -0.05) is 318 Å². The Morgan fingerprint density at radius 1 is 0.333 bits per heavy atom. The molecule has 0 rings (SSSR count). The standard InChI is InChI=1S/C67H120O5/c1-3-5-7-9-11-13-15-17-19-21-23-25-27-29-30-31-32-33-34-35-36-38-40-42-44-46-48-50-52-54-56-58-60-62-67(70)72-65(63-68)64-71-66(69)61-59-57-55-53-51-49-47-45-43-41-39-37-28-26-24-22-20-18-16-14-12-10-8-6-4-2/h5,7,11,13,17,19,23,25,29-30,32-33,65,68H,3-4,6,8-10,12,14-16,18,20-22,24,26-28,31,34-64H2,1-2H3/b7-5-,13-11-,19-17-,25-23-,30-29-,33-32-. The minimum atomic E-state index is -0.774. The van der Waals surface area contributed by atoms with Gasteiger partial charge in [-0.05, 0) is 64.2 Å². The molecule has 1 atom stereocenters. The SMILES string of the molecule is CC/C=C\C/C=C\C/C=C\C/C=C\C/C=C\C/C=C\CCCCCCCCCCCCCCCCC(=O)OC(CO)COC(=O)CCCCCCCCCCCCCCCCCCCCCCCCCCC. The molecule has 0 amide bonds. The smallest absolute Gasteiger partial charge is 0.306 e. The third-order valence-corrected chi connectivity index (χ3v) is 14.0. The molecule has 0 aromatic rings. The quantitative estimate of drug-likeness (QED) is 0.0373. The van der Waals surface area contributed by atoms with E-state index in [4.69, 9.17) is 9.47 Å².